The molecule has 0 saturated carbocycles. The molecule has 0 radical (unpaired) electrons. The van der Waals surface area contributed by atoms with Crippen molar-refractivity contribution in [1.29, 1.82) is 0 Å². The first kappa shape index (κ1) is 17.3. The molecule has 0 aliphatic carbocycles. The van der Waals surface area contributed by atoms with E-state index >= 15 is 0 Å². The van der Waals surface area contributed by atoms with Crippen LogP contribution >= 0.6 is 0 Å². The topological polar surface area (TPSA) is 53.2 Å². The van der Waals surface area contributed by atoms with Gasteiger partial charge in [-0.1, -0.05) is 36.4 Å². The van der Waals surface area contributed by atoms with Crippen LogP contribution in [0.4, 0.5) is 0 Å². The SMILES string of the molecule is Cc1ccccc1S(=O)(=O)N1CCC(c2c(C)[nH]c3ccccc23)CC1. The molecule has 1 saturated heterocycles. The molecule has 4 nitrogen and oxygen atoms in total. The van der Waals surface area contributed by atoms with Crippen LogP contribution in [0.3, 0.4) is 0 Å². The van der Waals surface area contributed by atoms with Gasteiger partial charge < -0.3 is 4.98 Å². The van der Waals surface area contributed by atoms with Crippen LogP contribution in [-0.4, -0.2) is 30.8 Å². The molecule has 2 aromatic carbocycles. The number of fused-ring (bicyclic) bond motifs is 1. The minimum Gasteiger partial charge on any atom is -0.358 e. The Morgan fingerprint density at radius 3 is 2.35 bits per heavy atom. The number of aromatic nitrogens is 1. The van der Waals surface area contributed by atoms with Crippen LogP contribution in [0, 0.1) is 13.8 Å². The summed E-state index contributed by atoms with van der Waals surface area (Å²) in [6, 6.07) is 15.6. The lowest BCUT2D eigenvalue weighted by molar-refractivity contribution is 0.320. The Bertz CT molecular complexity index is 1040. The van der Waals surface area contributed by atoms with Gasteiger partial charge in [-0.3, -0.25) is 0 Å². The summed E-state index contributed by atoms with van der Waals surface area (Å²) in [7, 11) is -3.41. The van der Waals surface area contributed by atoms with E-state index in [0.717, 1.165) is 23.9 Å². The molecule has 0 spiro atoms. The van der Waals surface area contributed by atoms with Gasteiger partial charge in [0, 0.05) is 29.7 Å². The third-order valence-electron chi connectivity index (χ3n) is 5.52. The zero-order valence-corrected chi connectivity index (χ0v) is 16.0. The number of para-hydroxylation sites is 1. The average molecular weight is 369 g/mol. The zero-order valence-electron chi connectivity index (χ0n) is 15.2. The number of rotatable bonds is 3. The fourth-order valence-corrected chi connectivity index (χ4v) is 5.89. The molecule has 2 heterocycles. The highest BCUT2D eigenvalue weighted by atomic mass is 32.2. The zero-order chi connectivity index (χ0) is 18.3. The van der Waals surface area contributed by atoms with E-state index in [2.05, 4.69) is 30.1 Å². The molecule has 1 aromatic heterocycles. The van der Waals surface area contributed by atoms with Crippen molar-refractivity contribution in [1.82, 2.24) is 9.29 Å². The van der Waals surface area contributed by atoms with Crippen LogP contribution in [0.1, 0.15) is 35.6 Å². The fraction of sp³-hybridized carbons (Fsp3) is 0.333. The molecule has 3 aromatic rings. The molecule has 0 bridgehead atoms. The van der Waals surface area contributed by atoms with Crippen molar-refractivity contribution in [3.63, 3.8) is 0 Å². The van der Waals surface area contributed by atoms with Gasteiger partial charge in [0.15, 0.2) is 0 Å². The summed E-state index contributed by atoms with van der Waals surface area (Å²) >= 11 is 0. The number of hydrogen-bond donors (Lipinski definition) is 1. The van der Waals surface area contributed by atoms with Crippen molar-refractivity contribution >= 4 is 20.9 Å². The molecule has 0 unspecified atom stereocenters. The third-order valence-corrected chi connectivity index (χ3v) is 7.58. The first-order chi connectivity index (χ1) is 12.5. The minimum absolute atomic E-state index is 0.398. The Labute approximate surface area is 154 Å². The van der Waals surface area contributed by atoms with Crippen LogP contribution in [-0.2, 0) is 10.0 Å². The lowest BCUT2D eigenvalue weighted by Crippen LogP contribution is -2.38. The Balaban J connectivity index is 1.58. The number of benzene rings is 2. The first-order valence-corrected chi connectivity index (χ1v) is 10.6. The van der Waals surface area contributed by atoms with Crippen LogP contribution in [0.25, 0.3) is 10.9 Å². The van der Waals surface area contributed by atoms with Crippen molar-refractivity contribution < 1.29 is 8.42 Å². The maximum atomic E-state index is 13.0. The van der Waals surface area contributed by atoms with Gasteiger partial charge in [-0.05, 0) is 55.9 Å². The van der Waals surface area contributed by atoms with Crippen LogP contribution < -0.4 is 0 Å². The summed E-state index contributed by atoms with van der Waals surface area (Å²) in [4.78, 5) is 3.90. The lowest BCUT2D eigenvalue weighted by Gasteiger charge is -2.32. The number of aromatic amines is 1. The second-order valence-electron chi connectivity index (χ2n) is 7.15. The molecule has 136 valence electrons. The van der Waals surface area contributed by atoms with E-state index in [1.165, 1.54) is 16.6 Å². The van der Waals surface area contributed by atoms with Crippen LogP contribution in [0.15, 0.2) is 53.4 Å². The molecule has 0 atom stereocenters. The Kier molecular flexibility index (Phi) is 4.37. The van der Waals surface area contributed by atoms with E-state index in [0.29, 0.717) is 23.9 Å². The van der Waals surface area contributed by atoms with Gasteiger partial charge >= 0.3 is 0 Å². The number of aryl methyl sites for hydroxylation is 2. The normalized spacial score (nSPS) is 17.0. The largest absolute Gasteiger partial charge is 0.358 e. The summed E-state index contributed by atoms with van der Waals surface area (Å²) in [6.45, 7) is 5.11. The highest BCUT2D eigenvalue weighted by Gasteiger charge is 2.32. The van der Waals surface area contributed by atoms with E-state index in [9.17, 15) is 8.42 Å². The molecule has 5 heteroatoms. The Morgan fingerprint density at radius 2 is 1.62 bits per heavy atom. The third kappa shape index (κ3) is 2.85. The number of hydrogen-bond acceptors (Lipinski definition) is 2. The van der Waals surface area contributed by atoms with E-state index in [4.69, 9.17) is 0 Å². The molecule has 26 heavy (non-hydrogen) atoms. The molecule has 4 rings (SSSR count). The summed E-state index contributed by atoms with van der Waals surface area (Å²) in [5.74, 6) is 0.398. The average Bonchev–Trinajstić information content (AvgIpc) is 2.98. The second kappa shape index (κ2) is 6.56. The maximum Gasteiger partial charge on any atom is 0.243 e. The number of nitrogens with zero attached hydrogens (tertiary/aromatic N) is 1. The van der Waals surface area contributed by atoms with Crippen LogP contribution in [0.2, 0.25) is 0 Å². The molecular weight excluding hydrogens is 344 g/mol. The summed E-state index contributed by atoms with van der Waals surface area (Å²) < 4.78 is 27.6. The highest BCUT2D eigenvalue weighted by Crippen LogP contribution is 2.37. The first-order valence-electron chi connectivity index (χ1n) is 9.11. The van der Waals surface area contributed by atoms with Gasteiger partial charge in [0.2, 0.25) is 10.0 Å². The van der Waals surface area contributed by atoms with Gasteiger partial charge in [-0.25, -0.2) is 8.42 Å². The van der Waals surface area contributed by atoms with E-state index in [-0.39, 0.29) is 0 Å². The fourth-order valence-electron chi connectivity index (χ4n) is 4.19. The van der Waals surface area contributed by atoms with Gasteiger partial charge in [-0.15, -0.1) is 0 Å². The number of piperidine rings is 1. The highest BCUT2D eigenvalue weighted by molar-refractivity contribution is 7.89. The number of H-pyrrole nitrogens is 1. The minimum atomic E-state index is -3.41. The summed E-state index contributed by atoms with van der Waals surface area (Å²) in [5.41, 5.74) is 4.53. The summed E-state index contributed by atoms with van der Waals surface area (Å²) in [6.07, 6.45) is 1.71. The molecular formula is C21H24N2O2S. The van der Waals surface area contributed by atoms with Crippen molar-refractivity contribution in [3.8, 4) is 0 Å². The molecule has 0 amide bonds. The smallest absolute Gasteiger partial charge is 0.243 e. The Hall–Kier alpha value is -2.11. The number of sulfonamides is 1. The lowest BCUT2D eigenvalue weighted by atomic mass is 9.88. The standard InChI is InChI=1S/C21H24N2O2S/c1-15-7-3-6-10-20(15)26(24,25)23-13-11-17(12-14-23)21-16(2)22-19-9-5-4-8-18(19)21/h3-10,17,22H,11-14H2,1-2H3. The quantitative estimate of drug-likeness (QED) is 0.747. The monoisotopic (exact) mass is 368 g/mol. The van der Waals surface area contributed by atoms with Crippen molar-refractivity contribution in [3.05, 3.63) is 65.4 Å². The number of nitrogens with one attached hydrogen (secondary N) is 1. The molecule has 1 N–H and O–H groups in total. The second-order valence-corrected chi connectivity index (χ2v) is 9.06. The molecule has 1 aliphatic heterocycles. The van der Waals surface area contributed by atoms with Crippen LogP contribution in [0.5, 0.6) is 0 Å². The van der Waals surface area contributed by atoms with Crippen molar-refractivity contribution in [2.45, 2.75) is 37.5 Å². The van der Waals surface area contributed by atoms with E-state index in [1.54, 1.807) is 16.4 Å². The van der Waals surface area contributed by atoms with Gasteiger partial charge in [-0.2, -0.15) is 4.31 Å². The van der Waals surface area contributed by atoms with Gasteiger partial charge in [0.25, 0.3) is 0 Å². The van der Waals surface area contributed by atoms with Gasteiger partial charge in [0.1, 0.15) is 0 Å². The predicted molar refractivity (Wildman–Crippen MR) is 105 cm³/mol. The molecule has 1 aliphatic rings. The maximum absolute atomic E-state index is 13.0. The van der Waals surface area contributed by atoms with E-state index < -0.39 is 10.0 Å². The van der Waals surface area contributed by atoms with E-state index in [1.807, 2.05) is 25.1 Å². The van der Waals surface area contributed by atoms with Crippen molar-refractivity contribution in [2.75, 3.05) is 13.1 Å². The Morgan fingerprint density at radius 1 is 0.962 bits per heavy atom. The van der Waals surface area contributed by atoms with Gasteiger partial charge in [0.05, 0.1) is 4.90 Å². The van der Waals surface area contributed by atoms with Crippen molar-refractivity contribution in [2.24, 2.45) is 0 Å². The predicted octanol–water partition coefficient (Wildman–Crippen LogP) is 4.35. The summed E-state index contributed by atoms with van der Waals surface area (Å²) in [5, 5.41) is 1.27. The molecule has 1 fully saturated rings.